The van der Waals surface area contributed by atoms with E-state index in [4.69, 9.17) is 4.74 Å². The highest BCUT2D eigenvalue weighted by Gasteiger charge is 2.64. The molecule has 2 bridgehead atoms. The zero-order chi connectivity index (χ0) is 14.7. The molecule has 1 N–H and O–H groups in total. The van der Waals surface area contributed by atoms with Crippen LogP contribution in [0.2, 0.25) is 0 Å². The van der Waals surface area contributed by atoms with Gasteiger partial charge < -0.3 is 9.84 Å². The van der Waals surface area contributed by atoms with Crippen LogP contribution >= 0.6 is 0 Å². The molecule has 110 valence electrons. The Morgan fingerprint density at radius 2 is 2.24 bits per heavy atom. The lowest BCUT2D eigenvalue weighted by atomic mass is 9.61. The van der Waals surface area contributed by atoms with Crippen molar-refractivity contribution < 1.29 is 9.84 Å². The first-order valence-electron chi connectivity index (χ1n) is 7.94. The standard InChI is InChI=1S/C18H21NO2/c1-21-15-5-3-13-6-7-18(20,16(13)9-15)17(11-19)10-12-2-4-14(17)8-12/h3,5,9,12,14,20H,2,4,6-8,10H2,1H3. The van der Waals surface area contributed by atoms with Crippen molar-refractivity contribution in [1.82, 2.24) is 0 Å². The summed E-state index contributed by atoms with van der Waals surface area (Å²) < 4.78 is 5.33. The van der Waals surface area contributed by atoms with Crippen LogP contribution in [0.3, 0.4) is 0 Å². The van der Waals surface area contributed by atoms with Crippen molar-refractivity contribution in [1.29, 1.82) is 5.26 Å². The van der Waals surface area contributed by atoms with Gasteiger partial charge >= 0.3 is 0 Å². The van der Waals surface area contributed by atoms with E-state index < -0.39 is 11.0 Å². The van der Waals surface area contributed by atoms with E-state index in [0.29, 0.717) is 18.3 Å². The Kier molecular flexibility index (Phi) is 2.65. The number of aliphatic hydroxyl groups is 1. The van der Waals surface area contributed by atoms with Crippen molar-refractivity contribution in [3.8, 4) is 11.8 Å². The minimum atomic E-state index is -0.995. The first kappa shape index (κ1) is 13.2. The van der Waals surface area contributed by atoms with E-state index in [1.165, 1.54) is 12.0 Å². The van der Waals surface area contributed by atoms with Crippen LogP contribution < -0.4 is 4.74 Å². The number of methoxy groups -OCH3 is 1. The molecule has 3 aliphatic rings. The van der Waals surface area contributed by atoms with Gasteiger partial charge in [-0.3, -0.25) is 0 Å². The number of benzene rings is 1. The molecule has 1 aromatic rings. The Balaban J connectivity index is 1.85. The summed E-state index contributed by atoms with van der Waals surface area (Å²) in [6, 6.07) is 8.53. The molecular formula is C18H21NO2. The minimum absolute atomic E-state index is 0.356. The normalized spacial score (nSPS) is 40.0. The van der Waals surface area contributed by atoms with Crippen LogP contribution in [0.25, 0.3) is 0 Å². The molecule has 21 heavy (non-hydrogen) atoms. The number of ether oxygens (including phenoxy) is 1. The highest BCUT2D eigenvalue weighted by atomic mass is 16.5. The maximum absolute atomic E-state index is 11.6. The Morgan fingerprint density at radius 3 is 2.86 bits per heavy atom. The van der Waals surface area contributed by atoms with E-state index in [1.54, 1.807) is 7.11 Å². The van der Waals surface area contributed by atoms with Crippen LogP contribution in [-0.2, 0) is 12.0 Å². The van der Waals surface area contributed by atoms with Gasteiger partial charge in [0.2, 0.25) is 0 Å². The van der Waals surface area contributed by atoms with Gasteiger partial charge in [0.1, 0.15) is 11.4 Å². The van der Waals surface area contributed by atoms with Gasteiger partial charge in [-0.2, -0.15) is 5.26 Å². The molecule has 4 unspecified atom stereocenters. The Bertz CT molecular complexity index is 635. The third-order valence-corrected chi connectivity index (χ3v) is 6.31. The molecule has 0 amide bonds. The second-order valence-electron chi connectivity index (χ2n) is 7.05. The molecule has 2 saturated carbocycles. The van der Waals surface area contributed by atoms with Gasteiger partial charge in [-0.15, -0.1) is 0 Å². The lowest BCUT2D eigenvalue weighted by Crippen LogP contribution is -2.47. The minimum Gasteiger partial charge on any atom is -0.497 e. The zero-order valence-electron chi connectivity index (χ0n) is 12.4. The molecule has 3 nitrogen and oxygen atoms in total. The van der Waals surface area contributed by atoms with Crippen LogP contribution in [0, 0.1) is 28.6 Å². The third-order valence-electron chi connectivity index (χ3n) is 6.31. The number of hydrogen-bond donors (Lipinski definition) is 1. The number of nitriles is 1. The Morgan fingerprint density at radius 1 is 1.38 bits per heavy atom. The van der Waals surface area contributed by atoms with E-state index >= 15 is 0 Å². The molecule has 0 aromatic heterocycles. The van der Waals surface area contributed by atoms with Crippen molar-refractivity contribution in [3.63, 3.8) is 0 Å². The van der Waals surface area contributed by atoms with Crippen molar-refractivity contribution in [2.45, 2.75) is 44.1 Å². The van der Waals surface area contributed by atoms with Crippen LogP contribution in [0.1, 0.15) is 43.2 Å². The Labute approximate surface area is 125 Å². The number of hydrogen-bond acceptors (Lipinski definition) is 3. The SMILES string of the molecule is COc1ccc2c(c1)C(O)(C1(C#N)CC3CCC1C3)CC2. The molecule has 1 aromatic carbocycles. The number of rotatable bonds is 2. The summed E-state index contributed by atoms with van der Waals surface area (Å²) in [4.78, 5) is 0. The first-order valence-corrected chi connectivity index (χ1v) is 7.94. The van der Waals surface area contributed by atoms with Crippen LogP contribution in [-0.4, -0.2) is 12.2 Å². The summed E-state index contributed by atoms with van der Waals surface area (Å²) in [6.45, 7) is 0. The fraction of sp³-hybridized carbons (Fsp3) is 0.611. The van der Waals surface area contributed by atoms with Gasteiger partial charge in [0.05, 0.1) is 18.6 Å². The van der Waals surface area contributed by atoms with Gasteiger partial charge in [0.25, 0.3) is 0 Å². The summed E-state index contributed by atoms with van der Waals surface area (Å²) in [5, 5.41) is 21.5. The van der Waals surface area contributed by atoms with E-state index in [1.807, 2.05) is 18.2 Å². The van der Waals surface area contributed by atoms with Crippen molar-refractivity contribution in [2.75, 3.05) is 7.11 Å². The van der Waals surface area contributed by atoms with Gasteiger partial charge in [0, 0.05) is 0 Å². The van der Waals surface area contributed by atoms with Crippen LogP contribution in [0.5, 0.6) is 5.75 Å². The van der Waals surface area contributed by atoms with Gasteiger partial charge in [-0.1, -0.05) is 12.5 Å². The second-order valence-corrected chi connectivity index (χ2v) is 7.05. The quantitative estimate of drug-likeness (QED) is 0.907. The first-order chi connectivity index (χ1) is 10.1. The fourth-order valence-corrected chi connectivity index (χ4v) is 5.27. The topological polar surface area (TPSA) is 53.2 Å². The predicted molar refractivity (Wildman–Crippen MR) is 78.7 cm³/mol. The molecule has 3 heteroatoms. The van der Waals surface area contributed by atoms with Gasteiger partial charge in [-0.05, 0) is 67.2 Å². The van der Waals surface area contributed by atoms with Crippen molar-refractivity contribution in [2.24, 2.45) is 17.3 Å². The molecule has 0 radical (unpaired) electrons. The molecule has 2 fully saturated rings. The lowest BCUT2D eigenvalue weighted by molar-refractivity contribution is -0.0870. The largest absolute Gasteiger partial charge is 0.497 e. The van der Waals surface area contributed by atoms with E-state index in [9.17, 15) is 10.4 Å². The highest BCUT2D eigenvalue weighted by molar-refractivity contribution is 5.46. The number of nitrogens with zero attached hydrogens (tertiary/aromatic N) is 1. The smallest absolute Gasteiger partial charge is 0.119 e. The van der Waals surface area contributed by atoms with E-state index in [0.717, 1.165) is 37.0 Å². The van der Waals surface area contributed by atoms with Crippen molar-refractivity contribution in [3.05, 3.63) is 29.3 Å². The molecule has 3 aliphatic carbocycles. The lowest BCUT2D eigenvalue weighted by Gasteiger charge is -2.44. The average molecular weight is 283 g/mol. The highest BCUT2D eigenvalue weighted by Crippen LogP contribution is 2.65. The summed E-state index contributed by atoms with van der Waals surface area (Å²) in [5.41, 5.74) is 0.533. The average Bonchev–Trinajstić information content (AvgIpc) is 3.21. The monoisotopic (exact) mass is 283 g/mol. The molecule has 4 rings (SSSR count). The van der Waals surface area contributed by atoms with Gasteiger partial charge in [0.15, 0.2) is 0 Å². The summed E-state index contributed by atoms with van der Waals surface area (Å²) in [6.07, 6.45) is 5.84. The molecule has 0 saturated heterocycles. The van der Waals surface area contributed by atoms with Crippen LogP contribution in [0.4, 0.5) is 0 Å². The molecule has 0 spiro atoms. The maximum atomic E-state index is 11.6. The van der Waals surface area contributed by atoms with Crippen LogP contribution in [0.15, 0.2) is 18.2 Å². The summed E-state index contributed by atoms with van der Waals surface area (Å²) in [5.74, 6) is 1.76. The van der Waals surface area contributed by atoms with E-state index in [2.05, 4.69) is 6.07 Å². The molecule has 4 atom stereocenters. The summed E-state index contributed by atoms with van der Waals surface area (Å²) >= 11 is 0. The maximum Gasteiger partial charge on any atom is 0.119 e. The predicted octanol–water partition coefficient (Wildman–Crippen LogP) is 3.16. The zero-order valence-corrected chi connectivity index (χ0v) is 12.4. The second kappa shape index (κ2) is 4.24. The summed E-state index contributed by atoms with van der Waals surface area (Å²) in [7, 11) is 1.65. The third kappa shape index (κ3) is 1.52. The molecule has 0 aliphatic heterocycles. The number of fused-ring (bicyclic) bond motifs is 3. The molecule has 0 heterocycles. The van der Waals surface area contributed by atoms with Crippen molar-refractivity contribution >= 4 is 0 Å². The fourth-order valence-electron chi connectivity index (χ4n) is 5.27. The molecular weight excluding hydrogens is 262 g/mol. The van der Waals surface area contributed by atoms with E-state index in [-0.39, 0.29) is 0 Å². The van der Waals surface area contributed by atoms with Gasteiger partial charge in [-0.25, -0.2) is 0 Å². The Hall–Kier alpha value is -1.53. The number of aryl methyl sites for hydroxylation is 1.